The number of hydrogen-bond donors (Lipinski definition) is 2. The van der Waals surface area contributed by atoms with E-state index in [0.717, 1.165) is 53.4 Å². The van der Waals surface area contributed by atoms with Crippen LogP contribution in [0.4, 0.5) is 0 Å². The molecule has 3 aromatic rings. The lowest BCUT2D eigenvalue weighted by Crippen LogP contribution is -2.44. The van der Waals surface area contributed by atoms with Crippen molar-refractivity contribution in [1.29, 1.82) is 0 Å². The highest BCUT2D eigenvalue weighted by Crippen LogP contribution is 2.37. The first-order valence-electron chi connectivity index (χ1n) is 8.22. The normalized spacial score (nSPS) is 24.2. The molecule has 2 aromatic heterocycles. The Kier molecular flexibility index (Phi) is 3.70. The Labute approximate surface area is 140 Å². The lowest BCUT2D eigenvalue weighted by Gasteiger charge is -2.36. The molecule has 1 fully saturated rings. The van der Waals surface area contributed by atoms with Gasteiger partial charge in [-0.25, -0.2) is 9.97 Å². The summed E-state index contributed by atoms with van der Waals surface area (Å²) in [4.78, 5) is 8.96. The van der Waals surface area contributed by atoms with Crippen LogP contribution in [-0.4, -0.2) is 26.2 Å². The molecule has 2 heterocycles. The van der Waals surface area contributed by atoms with Crippen LogP contribution in [0.25, 0.3) is 22.0 Å². The van der Waals surface area contributed by atoms with Crippen LogP contribution < -0.4 is 11.5 Å². The maximum Gasteiger partial charge on any atom is 0.116 e. The van der Waals surface area contributed by atoms with Gasteiger partial charge in [0.25, 0.3) is 0 Å². The molecule has 1 aliphatic carbocycles. The molecule has 1 aliphatic rings. The molecule has 6 heteroatoms. The Bertz CT molecular complexity index is 856. The van der Waals surface area contributed by atoms with E-state index in [0.29, 0.717) is 0 Å². The number of nitrogens with zero attached hydrogens (tertiary/aromatic N) is 4. The average molecular weight is 320 g/mol. The molecule has 0 saturated heterocycles. The summed E-state index contributed by atoms with van der Waals surface area (Å²) in [6.45, 7) is 0. The molecule has 0 spiro atoms. The van der Waals surface area contributed by atoms with Gasteiger partial charge in [-0.3, -0.25) is 0 Å². The summed E-state index contributed by atoms with van der Waals surface area (Å²) in [5.74, 6) is 0. The number of aromatic nitrogens is 4. The van der Waals surface area contributed by atoms with Gasteiger partial charge >= 0.3 is 0 Å². The summed E-state index contributed by atoms with van der Waals surface area (Å²) in [6, 6.07) is 8.33. The summed E-state index contributed by atoms with van der Waals surface area (Å²) in [5.41, 5.74) is 16.2. The fourth-order valence-electron chi connectivity index (χ4n) is 3.49. The third-order valence-electron chi connectivity index (χ3n) is 4.95. The van der Waals surface area contributed by atoms with Gasteiger partial charge in [0.2, 0.25) is 0 Å². The minimum absolute atomic E-state index is 0.244. The van der Waals surface area contributed by atoms with E-state index in [4.69, 9.17) is 11.5 Å². The highest BCUT2D eigenvalue weighted by Gasteiger charge is 2.34. The monoisotopic (exact) mass is 320 g/mol. The van der Waals surface area contributed by atoms with Crippen LogP contribution in [0.2, 0.25) is 0 Å². The minimum Gasteiger partial charge on any atom is -0.328 e. The van der Waals surface area contributed by atoms with E-state index in [2.05, 4.69) is 26.2 Å². The molecule has 1 saturated carbocycles. The highest BCUT2D eigenvalue weighted by atomic mass is 15.1. The van der Waals surface area contributed by atoms with Crippen LogP contribution in [0, 0.1) is 0 Å². The lowest BCUT2D eigenvalue weighted by atomic mass is 9.77. The summed E-state index contributed by atoms with van der Waals surface area (Å²) in [7, 11) is 0. The molecule has 0 aliphatic heterocycles. The van der Waals surface area contributed by atoms with Gasteiger partial charge in [-0.05, 0) is 49.4 Å². The zero-order valence-corrected chi connectivity index (χ0v) is 13.4. The Balaban J connectivity index is 1.84. The summed E-state index contributed by atoms with van der Waals surface area (Å²) in [5, 5.41) is 8.80. The van der Waals surface area contributed by atoms with Crippen molar-refractivity contribution < 1.29 is 0 Å². The maximum atomic E-state index is 6.73. The zero-order chi connectivity index (χ0) is 16.6. The molecule has 0 unspecified atom stereocenters. The van der Waals surface area contributed by atoms with E-state index in [1.54, 1.807) is 18.7 Å². The number of hydrogen-bond acceptors (Lipinski definition) is 6. The van der Waals surface area contributed by atoms with Crippen LogP contribution in [0.5, 0.6) is 0 Å². The van der Waals surface area contributed by atoms with Crippen LogP contribution >= 0.6 is 0 Å². The first kappa shape index (κ1) is 15.1. The van der Waals surface area contributed by atoms with Crippen LogP contribution in [-0.2, 0) is 5.54 Å². The van der Waals surface area contributed by atoms with Crippen LogP contribution in [0.3, 0.4) is 0 Å². The number of nitrogens with two attached hydrogens (primary N) is 2. The maximum absolute atomic E-state index is 6.73. The van der Waals surface area contributed by atoms with Gasteiger partial charge in [-0.15, -0.1) is 0 Å². The van der Waals surface area contributed by atoms with Crippen molar-refractivity contribution >= 4 is 10.9 Å². The van der Waals surface area contributed by atoms with E-state index in [-0.39, 0.29) is 6.04 Å². The fourth-order valence-corrected chi connectivity index (χ4v) is 3.49. The minimum atomic E-state index is -0.438. The second-order valence-corrected chi connectivity index (χ2v) is 6.58. The molecule has 0 atom stereocenters. The topological polar surface area (TPSA) is 104 Å². The highest BCUT2D eigenvalue weighted by molar-refractivity contribution is 5.86. The molecule has 4 N–H and O–H groups in total. The van der Waals surface area contributed by atoms with Crippen LogP contribution in [0.15, 0.2) is 43.0 Å². The molecule has 0 bridgehead atoms. The van der Waals surface area contributed by atoms with Gasteiger partial charge in [-0.2, -0.15) is 10.2 Å². The molecule has 0 radical (unpaired) electrons. The van der Waals surface area contributed by atoms with Gasteiger partial charge < -0.3 is 11.5 Å². The Morgan fingerprint density at radius 3 is 2.58 bits per heavy atom. The quantitative estimate of drug-likeness (QED) is 0.750. The van der Waals surface area contributed by atoms with Gasteiger partial charge in [-0.1, -0.05) is 6.07 Å². The Morgan fingerprint density at radius 2 is 1.83 bits per heavy atom. The largest absolute Gasteiger partial charge is 0.328 e. The summed E-state index contributed by atoms with van der Waals surface area (Å²) in [6.07, 6.45) is 8.60. The van der Waals surface area contributed by atoms with Crippen molar-refractivity contribution in [2.75, 3.05) is 0 Å². The van der Waals surface area contributed by atoms with Gasteiger partial charge in [0.05, 0.1) is 29.1 Å². The van der Waals surface area contributed by atoms with Crippen molar-refractivity contribution in [3.05, 3.63) is 48.7 Å². The van der Waals surface area contributed by atoms with Crippen molar-refractivity contribution in [1.82, 2.24) is 20.2 Å². The summed E-state index contributed by atoms with van der Waals surface area (Å²) >= 11 is 0. The predicted octanol–water partition coefficient (Wildman–Crippen LogP) is 2.14. The Morgan fingerprint density at radius 1 is 1.00 bits per heavy atom. The SMILES string of the molecule is NC1CCC(N)(c2ncnc3ccc(-c4ccnnc4)cc23)CC1. The smallest absolute Gasteiger partial charge is 0.116 e. The average Bonchev–Trinajstić information content (AvgIpc) is 2.64. The first-order chi connectivity index (χ1) is 11.7. The number of fused-ring (bicyclic) bond motifs is 1. The number of rotatable bonds is 2. The Hall–Kier alpha value is -2.44. The number of benzene rings is 1. The third kappa shape index (κ3) is 2.64. The molecule has 24 heavy (non-hydrogen) atoms. The first-order valence-corrected chi connectivity index (χ1v) is 8.22. The zero-order valence-electron chi connectivity index (χ0n) is 13.4. The predicted molar refractivity (Wildman–Crippen MR) is 92.9 cm³/mol. The lowest BCUT2D eigenvalue weighted by molar-refractivity contribution is 0.273. The van der Waals surface area contributed by atoms with Crippen molar-refractivity contribution in [2.45, 2.75) is 37.3 Å². The van der Waals surface area contributed by atoms with Crippen molar-refractivity contribution in [2.24, 2.45) is 11.5 Å². The van der Waals surface area contributed by atoms with E-state index in [9.17, 15) is 0 Å². The molecule has 1 aromatic carbocycles. The fraction of sp³-hybridized carbons (Fsp3) is 0.333. The molecule has 0 amide bonds. The third-order valence-corrected chi connectivity index (χ3v) is 4.95. The van der Waals surface area contributed by atoms with E-state index in [1.807, 2.05) is 18.2 Å². The standard InChI is InChI=1S/C18H20N6/c19-14-3-6-18(20,7-4-14)17-15-9-12(13-5-8-23-24-10-13)1-2-16(15)21-11-22-17/h1-2,5,8-11,14H,3-4,6-7,19-20H2. The van der Waals surface area contributed by atoms with Gasteiger partial charge in [0, 0.05) is 17.0 Å². The molecular formula is C18H20N6. The second kappa shape index (κ2) is 5.89. The molecule has 4 rings (SSSR count). The van der Waals surface area contributed by atoms with E-state index >= 15 is 0 Å². The molecular weight excluding hydrogens is 300 g/mol. The van der Waals surface area contributed by atoms with Crippen LogP contribution in [0.1, 0.15) is 31.4 Å². The van der Waals surface area contributed by atoms with E-state index < -0.39 is 5.54 Å². The molecule has 6 nitrogen and oxygen atoms in total. The van der Waals surface area contributed by atoms with E-state index in [1.165, 1.54) is 0 Å². The van der Waals surface area contributed by atoms with Crippen molar-refractivity contribution in [3.8, 4) is 11.1 Å². The summed E-state index contributed by atoms with van der Waals surface area (Å²) < 4.78 is 0. The second-order valence-electron chi connectivity index (χ2n) is 6.58. The van der Waals surface area contributed by atoms with Gasteiger partial charge in [0.15, 0.2) is 0 Å². The molecule has 122 valence electrons. The van der Waals surface area contributed by atoms with Crippen molar-refractivity contribution in [3.63, 3.8) is 0 Å². The van der Waals surface area contributed by atoms with Gasteiger partial charge in [0.1, 0.15) is 6.33 Å².